The second kappa shape index (κ2) is 14.0. The van der Waals surface area contributed by atoms with E-state index in [-0.39, 0.29) is 30.0 Å². The van der Waals surface area contributed by atoms with Crippen LogP contribution in [0.15, 0.2) is 66.7 Å². The van der Waals surface area contributed by atoms with Gasteiger partial charge in [0.15, 0.2) is 0 Å². The lowest BCUT2D eigenvalue weighted by Crippen LogP contribution is -2.59. The summed E-state index contributed by atoms with van der Waals surface area (Å²) in [5, 5.41) is 3.39. The van der Waals surface area contributed by atoms with Gasteiger partial charge in [0.2, 0.25) is 11.8 Å². The highest BCUT2D eigenvalue weighted by Gasteiger charge is 2.32. The van der Waals surface area contributed by atoms with Crippen molar-refractivity contribution in [3.05, 3.63) is 99.5 Å². The van der Waals surface area contributed by atoms with Gasteiger partial charge in [0.25, 0.3) is 0 Å². The van der Waals surface area contributed by atoms with Gasteiger partial charge in [0.05, 0.1) is 22.3 Å². The van der Waals surface area contributed by atoms with Crippen LogP contribution in [-0.4, -0.2) is 60.4 Å². The van der Waals surface area contributed by atoms with Crippen LogP contribution in [0.3, 0.4) is 0 Å². The molecular formula is C30H32Cl2F2N4O2. The van der Waals surface area contributed by atoms with Gasteiger partial charge in [-0.05, 0) is 66.9 Å². The lowest BCUT2D eigenvalue weighted by Gasteiger charge is -2.39. The summed E-state index contributed by atoms with van der Waals surface area (Å²) in [6.07, 6.45) is 2.55. The van der Waals surface area contributed by atoms with Crippen molar-refractivity contribution in [3.8, 4) is 0 Å². The summed E-state index contributed by atoms with van der Waals surface area (Å²) >= 11 is 12.3. The molecule has 3 N–H and O–H groups in total. The third-order valence-electron chi connectivity index (χ3n) is 7.24. The summed E-state index contributed by atoms with van der Waals surface area (Å²) in [7, 11) is 0. The van der Waals surface area contributed by atoms with E-state index in [1.807, 2.05) is 0 Å². The number of unbranched alkanes of at least 4 members (excludes halogenated alkanes) is 1. The summed E-state index contributed by atoms with van der Waals surface area (Å²) in [5.41, 5.74) is 8.00. The first-order valence-electron chi connectivity index (χ1n) is 13.2. The highest BCUT2D eigenvalue weighted by molar-refractivity contribution is 6.39. The number of hydrogen-bond acceptors (Lipinski definition) is 4. The quantitative estimate of drug-likeness (QED) is 0.282. The minimum Gasteiger partial charge on any atom is -0.368 e. The largest absolute Gasteiger partial charge is 0.368 e. The van der Waals surface area contributed by atoms with Crippen LogP contribution in [0.2, 0.25) is 10.0 Å². The van der Waals surface area contributed by atoms with Crippen LogP contribution in [-0.2, 0) is 9.59 Å². The number of halogens is 4. The molecule has 1 aliphatic heterocycles. The lowest BCUT2D eigenvalue weighted by atomic mass is 9.87. The minimum atomic E-state index is -0.604. The van der Waals surface area contributed by atoms with Gasteiger partial charge in [-0.25, -0.2) is 8.78 Å². The molecule has 6 nitrogen and oxygen atoms in total. The maximum atomic E-state index is 13.5. The number of carbonyl (C=O) groups is 2. The first-order chi connectivity index (χ1) is 19.2. The van der Waals surface area contributed by atoms with Gasteiger partial charge < -0.3 is 11.1 Å². The molecule has 0 radical (unpaired) electrons. The van der Waals surface area contributed by atoms with E-state index in [9.17, 15) is 18.4 Å². The van der Waals surface area contributed by atoms with Crippen molar-refractivity contribution in [2.45, 2.75) is 31.2 Å². The van der Waals surface area contributed by atoms with Crippen molar-refractivity contribution in [2.24, 2.45) is 5.73 Å². The minimum absolute atomic E-state index is 0.0139. The zero-order valence-electron chi connectivity index (χ0n) is 22.0. The molecule has 0 saturated carbocycles. The normalized spacial score (nSPS) is 16.3. The second-order valence-corrected chi connectivity index (χ2v) is 10.8. The molecule has 0 bridgehead atoms. The van der Waals surface area contributed by atoms with E-state index in [4.69, 9.17) is 28.9 Å². The standard InChI is InChI=1S/C30H32Cl2F2N4O2/c31-25-5-3-6-26(32)29(25)36-28(39)19-38-17-16-37(18-27(38)30(35)40)15-2-1-4-24(20-7-11-22(33)12-8-20)21-9-13-23(34)14-10-21/h3,5-14,24,27H,1-2,4,15-19H2,(H2,35,40)(H,36,39). The number of hydrogen-bond donors (Lipinski definition) is 2. The Morgan fingerprint density at radius 3 is 2.02 bits per heavy atom. The molecule has 10 heteroatoms. The molecule has 1 fully saturated rings. The summed E-state index contributed by atoms with van der Waals surface area (Å²) in [5.74, 6) is -1.39. The molecule has 212 valence electrons. The Morgan fingerprint density at radius 2 is 1.48 bits per heavy atom. The van der Waals surface area contributed by atoms with E-state index in [0.717, 1.165) is 36.9 Å². The van der Waals surface area contributed by atoms with Gasteiger partial charge in [-0.1, -0.05) is 60.0 Å². The Morgan fingerprint density at radius 1 is 0.900 bits per heavy atom. The molecule has 40 heavy (non-hydrogen) atoms. The highest BCUT2D eigenvalue weighted by atomic mass is 35.5. The van der Waals surface area contributed by atoms with E-state index in [1.54, 1.807) is 47.4 Å². The molecule has 0 spiro atoms. The average Bonchev–Trinajstić information content (AvgIpc) is 2.93. The number of nitrogens with zero attached hydrogens (tertiary/aromatic N) is 2. The number of benzene rings is 3. The van der Waals surface area contributed by atoms with Gasteiger partial charge in [0.1, 0.15) is 17.7 Å². The Bertz CT molecular complexity index is 1240. The van der Waals surface area contributed by atoms with Crippen LogP contribution < -0.4 is 11.1 Å². The van der Waals surface area contributed by atoms with Gasteiger partial charge in [-0.3, -0.25) is 19.4 Å². The van der Waals surface area contributed by atoms with E-state index in [1.165, 1.54) is 24.3 Å². The first kappa shape index (κ1) is 29.9. The fourth-order valence-corrected chi connectivity index (χ4v) is 5.61. The fraction of sp³-hybridized carbons (Fsp3) is 0.333. The predicted molar refractivity (Wildman–Crippen MR) is 155 cm³/mol. The van der Waals surface area contributed by atoms with E-state index in [0.29, 0.717) is 35.4 Å². The van der Waals surface area contributed by atoms with Crippen LogP contribution in [0.25, 0.3) is 0 Å². The van der Waals surface area contributed by atoms with Crippen molar-refractivity contribution < 1.29 is 18.4 Å². The molecule has 4 rings (SSSR count). The molecular weight excluding hydrogens is 557 g/mol. The zero-order chi connectivity index (χ0) is 28.6. The molecule has 3 aromatic rings. The van der Waals surface area contributed by atoms with Gasteiger partial charge in [0, 0.05) is 25.6 Å². The summed E-state index contributed by atoms with van der Waals surface area (Å²) in [6.45, 7) is 2.36. The monoisotopic (exact) mass is 588 g/mol. The van der Waals surface area contributed by atoms with E-state index < -0.39 is 11.9 Å². The molecule has 0 aliphatic carbocycles. The van der Waals surface area contributed by atoms with Crippen molar-refractivity contribution in [1.82, 2.24) is 9.80 Å². The molecule has 1 saturated heterocycles. The number of nitrogens with one attached hydrogen (secondary N) is 1. The predicted octanol–water partition coefficient (Wildman–Crippen LogP) is 5.68. The summed E-state index contributed by atoms with van der Waals surface area (Å²) in [6, 6.07) is 17.2. The molecule has 0 aromatic heterocycles. The van der Waals surface area contributed by atoms with Crippen molar-refractivity contribution in [1.29, 1.82) is 0 Å². The van der Waals surface area contributed by atoms with Crippen LogP contribution in [0.4, 0.5) is 14.5 Å². The van der Waals surface area contributed by atoms with E-state index in [2.05, 4.69) is 10.2 Å². The number of para-hydroxylation sites is 1. The third kappa shape index (κ3) is 8.01. The van der Waals surface area contributed by atoms with Gasteiger partial charge >= 0.3 is 0 Å². The number of amides is 2. The highest BCUT2D eigenvalue weighted by Crippen LogP contribution is 2.31. The fourth-order valence-electron chi connectivity index (χ4n) is 5.12. The Balaban J connectivity index is 1.30. The molecule has 1 aliphatic rings. The van der Waals surface area contributed by atoms with Gasteiger partial charge in [-0.15, -0.1) is 0 Å². The summed E-state index contributed by atoms with van der Waals surface area (Å²) in [4.78, 5) is 28.9. The van der Waals surface area contributed by atoms with Crippen LogP contribution in [0.1, 0.15) is 36.3 Å². The maximum Gasteiger partial charge on any atom is 0.238 e. The Kier molecular flexibility index (Phi) is 10.5. The SMILES string of the molecule is NC(=O)C1CN(CCCCC(c2ccc(F)cc2)c2ccc(F)cc2)CCN1CC(=O)Nc1c(Cl)cccc1Cl. The molecule has 1 unspecified atom stereocenters. The van der Waals surface area contributed by atoms with E-state index >= 15 is 0 Å². The van der Waals surface area contributed by atoms with Crippen molar-refractivity contribution in [3.63, 3.8) is 0 Å². The second-order valence-electron chi connectivity index (χ2n) is 9.99. The average molecular weight is 590 g/mol. The summed E-state index contributed by atoms with van der Waals surface area (Å²) < 4.78 is 27.0. The number of nitrogens with two attached hydrogens (primary N) is 1. The topological polar surface area (TPSA) is 78.7 Å². The zero-order valence-corrected chi connectivity index (χ0v) is 23.5. The first-order valence-corrected chi connectivity index (χ1v) is 14.0. The molecule has 1 heterocycles. The molecule has 2 amide bonds. The van der Waals surface area contributed by atoms with Crippen molar-refractivity contribution in [2.75, 3.05) is 38.0 Å². The smallest absolute Gasteiger partial charge is 0.238 e. The lowest BCUT2D eigenvalue weighted by molar-refractivity contribution is -0.127. The number of primary amides is 1. The van der Waals surface area contributed by atoms with Gasteiger partial charge in [-0.2, -0.15) is 0 Å². The maximum absolute atomic E-state index is 13.5. The molecule has 3 aromatic carbocycles. The number of piperazine rings is 1. The number of carbonyl (C=O) groups excluding carboxylic acids is 2. The Hall–Kier alpha value is -3.04. The van der Waals surface area contributed by atoms with Crippen LogP contribution >= 0.6 is 23.2 Å². The number of rotatable bonds is 11. The van der Waals surface area contributed by atoms with Crippen molar-refractivity contribution >= 4 is 40.7 Å². The molecule has 1 atom stereocenters. The number of anilines is 1. The third-order valence-corrected chi connectivity index (χ3v) is 7.87. The Labute approximate surface area is 243 Å². The van der Waals surface area contributed by atoms with Crippen LogP contribution in [0, 0.1) is 11.6 Å². The van der Waals surface area contributed by atoms with Crippen LogP contribution in [0.5, 0.6) is 0 Å².